The van der Waals surface area contributed by atoms with E-state index in [0.717, 1.165) is 79.7 Å². The number of nitrogens with one attached hydrogen (secondary N) is 2. The van der Waals surface area contributed by atoms with E-state index in [9.17, 15) is 14.4 Å². The van der Waals surface area contributed by atoms with Crippen LogP contribution in [0.3, 0.4) is 0 Å². The SMILES string of the molecule is Cn1c2cc(N3CCC(N4CCC(c5ccc(NC6CCC(=O)NC6=O)cc5F)CC4)CC3)ccc2n2c3cccc(Cl)c3c(=O)nc12. The molecule has 1 atom stereocenters. The van der Waals surface area contributed by atoms with Crippen molar-refractivity contribution in [3.63, 3.8) is 0 Å². The molecule has 48 heavy (non-hydrogen) atoms. The standard InChI is InChI=1S/C36H37ClFN7O3/c1-42-31-20-24(6-9-29(31)45-30-4-2-3-26(37)33(30)35(48)41-36(42)45)44-17-13-23(14-18-44)43-15-11-21(12-16-43)25-7-5-22(19-27(25)38)39-28-8-10-32(46)40-34(28)47/h2-7,9,19-21,23,28,39H,8,10-18H2,1H3,(H,40,46,47). The average molecular weight is 670 g/mol. The predicted octanol–water partition coefficient (Wildman–Crippen LogP) is 5.20. The molecule has 8 rings (SSSR count). The van der Waals surface area contributed by atoms with E-state index < -0.39 is 6.04 Å². The summed E-state index contributed by atoms with van der Waals surface area (Å²) in [5.74, 6) is -0.132. The van der Waals surface area contributed by atoms with Crippen molar-refractivity contribution in [1.82, 2.24) is 24.2 Å². The van der Waals surface area contributed by atoms with Crippen molar-refractivity contribution in [2.75, 3.05) is 36.4 Å². The van der Waals surface area contributed by atoms with Gasteiger partial charge in [0, 0.05) is 44.0 Å². The lowest BCUT2D eigenvalue weighted by Gasteiger charge is -2.42. The number of nitrogens with zero attached hydrogens (tertiary/aromatic N) is 5. The van der Waals surface area contributed by atoms with Crippen LogP contribution in [0.1, 0.15) is 50.0 Å². The van der Waals surface area contributed by atoms with Gasteiger partial charge in [-0.1, -0.05) is 23.7 Å². The van der Waals surface area contributed by atoms with Gasteiger partial charge in [-0.15, -0.1) is 0 Å². The minimum Gasteiger partial charge on any atom is -0.374 e. The van der Waals surface area contributed by atoms with E-state index in [1.165, 1.54) is 6.07 Å². The van der Waals surface area contributed by atoms with Gasteiger partial charge in [0.1, 0.15) is 11.9 Å². The van der Waals surface area contributed by atoms with Crippen LogP contribution in [-0.2, 0) is 16.6 Å². The Labute approximate surface area is 281 Å². The van der Waals surface area contributed by atoms with Crippen molar-refractivity contribution in [3.8, 4) is 0 Å². The molecule has 3 aliphatic rings. The Hall–Kier alpha value is -4.48. The van der Waals surface area contributed by atoms with E-state index in [4.69, 9.17) is 11.6 Å². The number of fused-ring (bicyclic) bond motifs is 5. The van der Waals surface area contributed by atoms with E-state index in [1.807, 2.05) is 40.3 Å². The second-order valence-corrected chi connectivity index (χ2v) is 13.7. The van der Waals surface area contributed by atoms with Crippen LogP contribution in [0.5, 0.6) is 0 Å². The lowest BCUT2D eigenvalue weighted by atomic mass is 9.87. The van der Waals surface area contributed by atoms with Gasteiger partial charge in [0.15, 0.2) is 0 Å². The maximum atomic E-state index is 15.3. The van der Waals surface area contributed by atoms with Gasteiger partial charge in [-0.2, -0.15) is 4.98 Å². The molecule has 5 aromatic rings. The number of anilines is 2. The highest BCUT2D eigenvalue weighted by atomic mass is 35.5. The molecule has 0 spiro atoms. The maximum absolute atomic E-state index is 15.3. The summed E-state index contributed by atoms with van der Waals surface area (Å²) >= 11 is 6.39. The average Bonchev–Trinajstić information content (AvgIpc) is 3.37. The van der Waals surface area contributed by atoms with Crippen LogP contribution < -0.4 is 21.1 Å². The second kappa shape index (κ2) is 12.2. The Morgan fingerprint density at radius 2 is 1.69 bits per heavy atom. The van der Waals surface area contributed by atoms with Gasteiger partial charge in [-0.05, 0) is 99.1 Å². The van der Waals surface area contributed by atoms with Gasteiger partial charge in [0.05, 0.1) is 27.0 Å². The number of piperidine rings is 3. The van der Waals surface area contributed by atoms with Gasteiger partial charge < -0.3 is 19.7 Å². The molecule has 3 aromatic carbocycles. The van der Waals surface area contributed by atoms with Crippen LogP contribution in [0, 0.1) is 5.82 Å². The summed E-state index contributed by atoms with van der Waals surface area (Å²) in [6, 6.07) is 17.1. The minimum atomic E-state index is -0.533. The van der Waals surface area contributed by atoms with E-state index in [2.05, 4.69) is 43.6 Å². The van der Waals surface area contributed by atoms with Crippen molar-refractivity contribution < 1.29 is 14.0 Å². The number of rotatable bonds is 5. The summed E-state index contributed by atoms with van der Waals surface area (Å²) in [5.41, 5.74) is 4.85. The third kappa shape index (κ3) is 5.38. The zero-order valence-electron chi connectivity index (χ0n) is 26.7. The molecule has 10 nitrogen and oxygen atoms in total. The first kappa shape index (κ1) is 30.8. The number of halogens is 2. The zero-order valence-corrected chi connectivity index (χ0v) is 27.5. The molecule has 3 saturated heterocycles. The molecule has 3 aliphatic heterocycles. The minimum absolute atomic E-state index is 0.164. The van der Waals surface area contributed by atoms with E-state index in [0.29, 0.717) is 34.3 Å². The third-order valence-electron chi connectivity index (χ3n) is 10.6. The van der Waals surface area contributed by atoms with Crippen molar-refractivity contribution in [2.24, 2.45) is 7.05 Å². The Morgan fingerprint density at radius 1 is 0.896 bits per heavy atom. The number of carbonyl (C=O) groups excluding carboxylic acids is 2. The first-order valence-electron chi connectivity index (χ1n) is 16.7. The normalized spacial score (nSPS) is 20.2. The van der Waals surface area contributed by atoms with Crippen LogP contribution in [0.2, 0.25) is 5.02 Å². The second-order valence-electron chi connectivity index (χ2n) is 13.3. The molecule has 2 N–H and O–H groups in total. The molecule has 248 valence electrons. The molecular formula is C36H37ClFN7O3. The van der Waals surface area contributed by atoms with Gasteiger partial charge in [0.25, 0.3) is 5.56 Å². The summed E-state index contributed by atoms with van der Waals surface area (Å²) in [6.45, 7) is 3.78. The van der Waals surface area contributed by atoms with Crippen LogP contribution >= 0.6 is 11.6 Å². The number of hydrogen-bond acceptors (Lipinski definition) is 7. The van der Waals surface area contributed by atoms with Gasteiger partial charge in [-0.3, -0.25) is 24.1 Å². The summed E-state index contributed by atoms with van der Waals surface area (Å²) in [5, 5.41) is 6.25. The molecule has 0 aliphatic carbocycles. The molecular weight excluding hydrogens is 633 g/mol. The summed E-state index contributed by atoms with van der Waals surface area (Å²) < 4.78 is 19.2. The number of carbonyl (C=O) groups is 2. The number of benzene rings is 3. The monoisotopic (exact) mass is 669 g/mol. The maximum Gasteiger partial charge on any atom is 0.283 e. The molecule has 0 bridgehead atoms. The van der Waals surface area contributed by atoms with Crippen LogP contribution in [-0.4, -0.2) is 68.9 Å². The fourth-order valence-corrected chi connectivity index (χ4v) is 8.25. The fourth-order valence-electron chi connectivity index (χ4n) is 8.00. The molecule has 5 heterocycles. The number of hydrogen-bond donors (Lipinski definition) is 2. The number of amides is 2. The molecule has 0 saturated carbocycles. The molecule has 12 heteroatoms. The van der Waals surface area contributed by atoms with Crippen LogP contribution in [0.25, 0.3) is 27.7 Å². The Bertz CT molecular complexity index is 2150. The molecule has 3 fully saturated rings. The van der Waals surface area contributed by atoms with E-state index in [1.54, 1.807) is 6.07 Å². The van der Waals surface area contributed by atoms with E-state index in [-0.39, 0.29) is 35.5 Å². The molecule has 2 amide bonds. The molecule has 0 radical (unpaired) electrons. The lowest BCUT2D eigenvalue weighted by Crippen LogP contribution is -2.47. The molecule has 1 unspecified atom stereocenters. The van der Waals surface area contributed by atoms with Gasteiger partial charge in [0.2, 0.25) is 17.6 Å². The quantitative estimate of drug-likeness (QED) is 0.248. The van der Waals surface area contributed by atoms with Gasteiger partial charge >= 0.3 is 0 Å². The number of imide groups is 1. The molecule has 2 aromatic heterocycles. The Balaban J connectivity index is 0.904. The zero-order chi connectivity index (χ0) is 33.1. The highest BCUT2D eigenvalue weighted by molar-refractivity contribution is 6.35. The number of aromatic nitrogens is 3. The Kier molecular flexibility index (Phi) is 7.83. The fraction of sp³-hybridized carbons (Fsp3) is 0.389. The van der Waals surface area contributed by atoms with Crippen molar-refractivity contribution in [2.45, 2.75) is 56.5 Å². The highest BCUT2D eigenvalue weighted by Gasteiger charge is 2.31. The smallest absolute Gasteiger partial charge is 0.283 e. The van der Waals surface area contributed by atoms with Crippen molar-refractivity contribution >= 4 is 62.5 Å². The van der Waals surface area contributed by atoms with E-state index >= 15 is 4.39 Å². The Morgan fingerprint density at radius 3 is 2.44 bits per heavy atom. The highest BCUT2D eigenvalue weighted by Crippen LogP contribution is 2.35. The first-order chi connectivity index (χ1) is 23.2. The van der Waals surface area contributed by atoms with Gasteiger partial charge in [-0.25, -0.2) is 4.39 Å². The number of imidazole rings is 1. The number of aryl methyl sites for hydroxylation is 1. The lowest BCUT2D eigenvalue weighted by molar-refractivity contribution is -0.133. The predicted molar refractivity (Wildman–Crippen MR) is 185 cm³/mol. The topological polar surface area (TPSA) is 104 Å². The van der Waals surface area contributed by atoms with Crippen LogP contribution in [0.15, 0.2) is 59.4 Å². The van der Waals surface area contributed by atoms with Crippen LogP contribution in [0.4, 0.5) is 15.8 Å². The summed E-state index contributed by atoms with van der Waals surface area (Å²) in [7, 11) is 1.94. The van der Waals surface area contributed by atoms with Crippen molar-refractivity contribution in [1.29, 1.82) is 0 Å². The number of likely N-dealkylation sites (tertiary alicyclic amines) is 1. The summed E-state index contributed by atoms with van der Waals surface area (Å²) in [4.78, 5) is 45.8. The largest absolute Gasteiger partial charge is 0.374 e. The third-order valence-corrected chi connectivity index (χ3v) is 10.9. The first-order valence-corrected chi connectivity index (χ1v) is 17.1. The summed E-state index contributed by atoms with van der Waals surface area (Å²) in [6.07, 6.45) is 4.62. The van der Waals surface area contributed by atoms with Crippen molar-refractivity contribution in [3.05, 3.63) is 81.4 Å².